The molecule has 5 heteroatoms. The summed E-state index contributed by atoms with van der Waals surface area (Å²) in [5.74, 6) is 2.84. The Bertz CT molecular complexity index is 638. The van der Waals surface area contributed by atoms with Gasteiger partial charge < -0.3 is 14.6 Å². The quantitative estimate of drug-likeness (QED) is 0.0738. The lowest BCUT2D eigenvalue weighted by Crippen LogP contribution is -2.25. The van der Waals surface area contributed by atoms with E-state index in [-0.39, 0.29) is 24.7 Å². The highest BCUT2D eigenvalue weighted by molar-refractivity contribution is 5.87. The van der Waals surface area contributed by atoms with Crippen LogP contribution in [0, 0.1) is 29.6 Å². The van der Waals surface area contributed by atoms with Crippen molar-refractivity contribution in [3.63, 3.8) is 0 Å². The van der Waals surface area contributed by atoms with Crippen molar-refractivity contribution in [3.05, 3.63) is 24.3 Å². The van der Waals surface area contributed by atoms with Crippen LogP contribution in [0.15, 0.2) is 24.3 Å². The van der Waals surface area contributed by atoms with Gasteiger partial charge in [-0.2, -0.15) is 0 Å². The van der Waals surface area contributed by atoms with Gasteiger partial charge in [0.25, 0.3) is 6.47 Å². The molecule has 0 aromatic heterocycles. The zero-order valence-corrected chi connectivity index (χ0v) is 24.2. The molecule has 0 aromatic rings. The third-order valence-electron chi connectivity index (χ3n) is 8.13. The highest BCUT2D eigenvalue weighted by Crippen LogP contribution is 2.39. The second-order valence-corrected chi connectivity index (χ2v) is 11.9. The first-order valence-electron chi connectivity index (χ1n) is 14.9. The summed E-state index contributed by atoms with van der Waals surface area (Å²) in [5.41, 5.74) is 1.22. The highest BCUT2D eigenvalue weighted by atomic mass is 16.5. The topological polar surface area (TPSA) is 72.8 Å². The Labute approximate surface area is 227 Å². The van der Waals surface area contributed by atoms with Crippen LogP contribution in [0.25, 0.3) is 0 Å². The molecule has 0 aliphatic heterocycles. The molecule has 1 atom stereocenters. The Kier molecular flexibility index (Phi) is 18.4. The summed E-state index contributed by atoms with van der Waals surface area (Å²) < 4.78 is 10.2. The van der Waals surface area contributed by atoms with Crippen molar-refractivity contribution < 1.29 is 24.2 Å². The summed E-state index contributed by atoms with van der Waals surface area (Å²) in [6.45, 7) is 13.8. The fourth-order valence-electron chi connectivity index (χ4n) is 5.91. The van der Waals surface area contributed by atoms with E-state index in [1.807, 2.05) is 13.8 Å². The molecular formula is C32H56O5. The Hall–Kier alpha value is -1.62. The van der Waals surface area contributed by atoms with Crippen LogP contribution in [0.1, 0.15) is 117 Å². The van der Waals surface area contributed by atoms with Crippen molar-refractivity contribution in [2.45, 2.75) is 117 Å². The first-order chi connectivity index (χ1) is 17.8. The van der Waals surface area contributed by atoms with Gasteiger partial charge in [0, 0.05) is 5.92 Å². The molecule has 1 unspecified atom stereocenters. The van der Waals surface area contributed by atoms with Gasteiger partial charge in [-0.05, 0) is 43.9 Å². The maximum Gasteiger partial charge on any atom is 0.335 e. The summed E-state index contributed by atoms with van der Waals surface area (Å²) >= 11 is 0. The summed E-state index contributed by atoms with van der Waals surface area (Å²) in [6, 6.07) is 0. The smallest absolute Gasteiger partial charge is 0.335 e. The molecule has 0 amide bonds. The standard InChI is InChI=1S/C28H48O5.C4H8/c1-3-4-5-6-23-7-9-24(10-8-23)11-12-25-13-15-26(16-14-25)17-27(19-32-21-30)20-33-28(31)22(2)18-29;1-4(2)3/h21,23-27,29H,2-20H2,1H3;1H2,2-3H3. The molecule has 0 spiro atoms. The number of ether oxygens (including phenoxy) is 2. The average Bonchev–Trinajstić information content (AvgIpc) is 2.89. The van der Waals surface area contributed by atoms with Gasteiger partial charge in [0.2, 0.25) is 0 Å². The fraction of sp³-hybridized carbons (Fsp3) is 0.812. The monoisotopic (exact) mass is 520 g/mol. The van der Waals surface area contributed by atoms with E-state index >= 15 is 0 Å². The number of esters is 1. The minimum absolute atomic E-state index is 0.000274. The third-order valence-corrected chi connectivity index (χ3v) is 8.13. The minimum Gasteiger partial charge on any atom is -0.467 e. The van der Waals surface area contributed by atoms with Crippen LogP contribution in [0.2, 0.25) is 0 Å². The van der Waals surface area contributed by atoms with E-state index in [1.54, 1.807) is 0 Å². The number of aliphatic hydroxyl groups is 1. The molecule has 37 heavy (non-hydrogen) atoms. The van der Waals surface area contributed by atoms with Gasteiger partial charge in [-0.1, -0.05) is 109 Å². The number of hydrogen-bond donors (Lipinski definition) is 1. The summed E-state index contributed by atoms with van der Waals surface area (Å²) in [4.78, 5) is 22.4. The van der Waals surface area contributed by atoms with Crippen molar-refractivity contribution in [1.82, 2.24) is 0 Å². The molecule has 2 fully saturated rings. The number of carbonyl (C=O) groups is 2. The van der Waals surface area contributed by atoms with E-state index in [0.29, 0.717) is 12.4 Å². The summed E-state index contributed by atoms with van der Waals surface area (Å²) in [5, 5.41) is 9.00. The first-order valence-corrected chi connectivity index (χ1v) is 14.9. The Morgan fingerprint density at radius 3 is 1.81 bits per heavy atom. The van der Waals surface area contributed by atoms with Crippen LogP contribution in [0.4, 0.5) is 0 Å². The molecular weight excluding hydrogens is 464 g/mol. The van der Waals surface area contributed by atoms with Gasteiger partial charge in [0.15, 0.2) is 0 Å². The van der Waals surface area contributed by atoms with Gasteiger partial charge in [-0.3, -0.25) is 4.79 Å². The van der Waals surface area contributed by atoms with Crippen molar-refractivity contribution in [3.8, 4) is 0 Å². The molecule has 0 aromatic carbocycles. The van der Waals surface area contributed by atoms with Crippen LogP contribution in [-0.2, 0) is 19.1 Å². The molecule has 0 radical (unpaired) electrons. The van der Waals surface area contributed by atoms with Crippen LogP contribution < -0.4 is 0 Å². The fourth-order valence-corrected chi connectivity index (χ4v) is 5.91. The minimum atomic E-state index is -0.577. The molecule has 0 heterocycles. The number of allylic oxidation sites excluding steroid dienone is 1. The van der Waals surface area contributed by atoms with Crippen molar-refractivity contribution in [2.24, 2.45) is 29.6 Å². The van der Waals surface area contributed by atoms with E-state index < -0.39 is 12.6 Å². The lowest BCUT2D eigenvalue weighted by atomic mass is 9.73. The maximum atomic E-state index is 11.8. The van der Waals surface area contributed by atoms with Gasteiger partial charge in [0.05, 0.1) is 25.4 Å². The summed E-state index contributed by atoms with van der Waals surface area (Å²) in [6.07, 6.45) is 20.1. The third kappa shape index (κ3) is 16.1. The van der Waals surface area contributed by atoms with Crippen LogP contribution in [0.5, 0.6) is 0 Å². The largest absolute Gasteiger partial charge is 0.467 e. The zero-order chi connectivity index (χ0) is 27.5. The Morgan fingerprint density at radius 2 is 1.35 bits per heavy atom. The first kappa shape index (κ1) is 33.4. The average molecular weight is 521 g/mol. The molecule has 0 saturated heterocycles. The lowest BCUT2D eigenvalue weighted by Gasteiger charge is -2.33. The SMILES string of the molecule is C=C(C)C.C=C(CO)C(=O)OCC(COC=O)CC1CCC(CCC2CCC(CCCCC)CC2)CC1. The van der Waals surface area contributed by atoms with E-state index in [1.165, 1.54) is 95.5 Å². The Balaban J connectivity index is 0.00000159. The van der Waals surface area contributed by atoms with E-state index in [2.05, 4.69) is 20.1 Å². The van der Waals surface area contributed by atoms with Gasteiger partial charge in [0.1, 0.15) is 0 Å². The second-order valence-electron chi connectivity index (χ2n) is 11.9. The number of unbranched alkanes of at least 4 members (excludes halogenated alkanes) is 2. The molecule has 2 aliphatic rings. The van der Waals surface area contributed by atoms with Crippen LogP contribution in [-0.4, -0.2) is 37.4 Å². The Morgan fingerprint density at radius 1 is 0.865 bits per heavy atom. The number of rotatable bonds is 16. The van der Waals surface area contributed by atoms with E-state index in [9.17, 15) is 9.59 Å². The molecule has 2 rings (SSSR count). The predicted octanol–water partition coefficient (Wildman–Crippen LogP) is 7.81. The normalized spacial score (nSPS) is 24.2. The molecule has 5 nitrogen and oxygen atoms in total. The summed E-state index contributed by atoms with van der Waals surface area (Å²) in [7, 11) is 0. The second kappa shape index (κ2) is 20.4. The van der Waals surface area contributed by atoms with Crippen molar-refractivity contribution in [1.29, 1.82) is 0 Å². The molecule has 214 valence electrons. The van der Waals surface area contributed by atoms with Crippen LogP contribution in [0.3, 0.4) is 0 Å². The molecule has 2 saturated carbocycles. The molecule has 1 N–H and O–H groups in total. The number of carbonyl (C=O) groups excluding carboxylic acids is 2. The van der Waals surface area contributed by atoms with Crippen molar-refractivity contribution in [2.75, 3.05) is 19.8 Å². The van der Waals surface area contributed by atoms with Gasteiger partial charge in [-0.25, -0.2) is 4.79 Å². The van der Waals surface area contributed by atoms with E-state index in [4.69, 9.17) is 14.6 Å². The number of hydrogen-bond acceptors (Lipinski definition) is 5. The van der Waals surface area contributed by atoms with Gasteiger partial charge >= 0.3 is 5.97 Å². The molecule has 2 aliphatic carbocycles. The zero-order valence-electron chi connectivity index (χ0n) is 24.2. The van der Waals surface area contributed by atoms with Crippen molar-refractivity contribution >= 4 is 12.4 Å². The maximum absolute atomic E-state index is 11.8. The molecule has 0 bridgehead atoms. The van der Waals surface area contributed by atoms with Crippen LogP contribution >= 0.6 is 0 Å². The highest BCUT2D eigenvalue weighted by Gasteiger charge is 2.27. The van der Waals surface area contributed by atoms with E-state index in [0.717, 1.165) is 24.2 Å². The predicted molar refractivity (Wildman–Crippen MR) is 152 cm³/mol. The lowest BCUT2D eigenvalue weighted by molar-refractivity contribution is -0.142. The number of aliphatic hydroxyl groups excluding tert-OH is 1. The van der Waals surface area contributed by atoms with Gasteiger partial charge in [-0.15, -0.1) is 6.58 Å².